The molecule has 0 saturated heterocycles. The molecule has 1 N–H and O–H groups in total. The predicted molar refractivity (Wildman–Crippen MR) is 80.9 cm³/mol. The summed E-state index contributed by atoms with van der Waals surface area (Å²) in [5, 5.41) is 11.9. The highest BCUT2D eigenvalue weighted by molar-refractivity contribution is 5.69. The Morgan fingerprint density at radius 3 is 2.36 bits per heavy atom. The first-order chi connectivity index (χ1) is 10.4. The van der Waals surface area contributed by atoms with Crippen molar-refractivity contribution in [2.75, 3.05) is 0 Å². The molecule has 1 amide bonds. The average Bonchev–Trinajstić information content (AvgIpc) is 2.44. The summed E-state index contributed by atoms with van der Waals surface area (Å²) in [5.41, 5.74) is 0. The number of alkyl carbamates (subject to hydrolysis) is 1. The highest BCUT2D eigenvalue weighted by Gasteiger charge is 2.30. The van der Waals surface area contributed by atoms with Crippen LogP contribution in [-0.2, 0) is 14.3 Å². The monoisotopic (exact) mass is 310 g/mol. The zero-order chi connectivity index (χ0) is 16.5. The predicted octanol–water partition coefficient (Wildman–Crippen LogP) is 2.92. The zero-order valence-corrected chi connectivity index (χ0v) is 13.6. The number of amides is 1. The Morgan fingerprint density at radius 1 is 1.23 bits per heavy atom. The van der Waals surface area contributed by atoms with Crippen molar-refractivity contribution >= 4 is 12.1 Å². The molecule has 1 aliphatic carbocycles. The molecule has 22 heavy (non-hydrogen) atoms. The zero-order valence-electron chi connectivity index (χ0n) is 13.6. The Bertz CT molecular complexity index is 411. The third kappa shape index (κ3) is 6.79. The molecule has 6 heteroatoms. The van der Waals surface area contributed by atoms with E-state index in [0.29, 0.717) is 12.3 Å². The van der Waals surface area contributed by atoms with E-state index in [1.165, 1.54) is 26.2 Å². The van der Waals surface area contributed by atoms with Crippen molar-refractivity contribution in [3.05, 3.63) is 0 Å². The van der Waals surface area contributed by atoms with Crippen molar-refractivity contribution in [1.29, 1.82) is 5.26 Å². The van der Waals surface area contributed by atoms with Crippen LogP contribution in [-0.4, -0.2) is 30.3 Å². The second-order valence-electron chi connectivity index (χ2n) is 6.10. The number of esters is 1. The summed E-state index contributed by atoms with van der Waals surface area (Å²) in [4.78, 5) is 23.0. The van der Waals surface area contributed by atoms with Crippen molar-refractivity contribution in [1.82, 2.24) is 5.32 Å². The van der Waals surface area contributed by atoms with Crippen LogP contribution < -0.4 is 5.32 Å². The third-order valence-corrected chi connectivity index (χ3v) is 3.74. The summed E-state index contributed by atoms with van der Waals surface area (Å²) in [6.07, 6.45) is 4.53. The van der Waals surface area contributed by atoms with Crippen LogP contribution in [0, 0.1) is 17.2 Å². The number of carbonyl (C=O) groups is 2. The van der Waals surface area contributed by atoms with E-state index >= 15 is 0 Å². The lowest BCUT2D eigenvalue weighted by Crippen LogP contribution is -2.46. The van der Waals surface area contributed by atoms with Crippen molar-refractivity contribution in [2.45, 2.75) is 77.5 Å². The number of ether oxygens (including phenoxy) is 2. The average molecular weight is 310 g/mol. The van der Waals surface area contributed by atoms with Crippen LogP contribution in [0.15, 0.2) is 0 Å². The second kappa shape index (κ2) is 9.29. The number of hydrogen-bond acceptors (Lipinski definition) is 5. The fourth-order valence-electron chi connectivity index (χ4n) is 2.82. The van der Waals surface area contributed by atoms with E-state index in [-0.39, 0.29) is 6.10 Å². The van der Waals surface area contributed by atoms with Gasteiger partial charge in [-0.3, -0.25) is 4.79 Å². The Kier molecular flexibility index (Phi) is 7.72. The first-order valence-corrected chi connectivity index (χ1v) is 7.96. The molecule has 0 aromatic carbocycles. The van der Waals surface area contributed by atoms with Gasteiger partial charge in [-0.2, -0.15) is 5.26 Å². The van der Waals surface area contributed by atoms with E-state index < -0.39 is 24.2 Å². The molecular formula is C16H26N2O4. The second-order valence-corrected chi connectivity index (χ2v) is 6.10. The van der Waals surface area contributed by atoms with E-state index in [2.05, 4.69) is 5.32 Å². The molecular weight excluding hydrogens is 284 g/mol. The number of nitrogens with one attached hydrogen (secondary N) is 1. The standard InChI is InChI=1S/C16H26N2O4/c1-11(2)21-16(20)18-14(15(10-17)22-12(3)19)9-13-7-5-4-6-8-13/h11,13-15H,4-9H2,1-3H3,(H,18,20)/t14-,15+/m0/s1. The molecule has 0 aromatic heterocycles. The van der Waals surface area contributed by atoms with Crippen LogP contribution in [0.2, 0.25) is 0 Å². The van der Waals surface area contributed by atoms with Gasteiger partial charge in [-0.25, -0.2) is 4.79 Å². The van der Waals surface area contributed by atoms with Gasteiger partial charge in [-0.15, -0.1) is 0 Å². The lowest BCUT2D eigenvalue weighted by Gasteiger charge is -2.29. The number of carbonyl (C=O) groups excluding carboxylic acids is 2. The van der Waals surface area contributed by atoms with Gasteiger partial charge in [-0.05, 0) is 26.2 Å². The van der Waals surface area contributed by atoms with E-state index in [1.807, 2.05) is 6.07 Å². The van der Waals surface area contributed by atoms with Gasteiger partial charge < -0.3 is 14.8 Å². The van der Waals surface area contributed by atoms with Gasteiger partial charge in [-0.1, -0.05) is 32.1 Å². The largest absolute Gasteiger partial charge is 0.447 e. The smallest absolute Gasteiger partial charge is 0.407 e. The normalized spacial score (nSPS) is 18.1. The van der Waals surface area contributed by atoms with Gasteiger partial charge in [0, 0.05) is 6.92 Å². The molecule has 1 aliphatic rings. The molecule has 0 heterocycles. The lowest BCUT2D eigenvalue weighted by atomic mass is 9.84. The fourth-order valence-corrected chi connectivity index (χ4v) is 2.82. The maximum absolute atomic E-state index is 11.8. The van der Waals surface area contributed by atoms with Crippen LogP contribution in [0.25, 0.3) is 0 Å². The molecule has 0 aromatic rings. The first-order valence-electron chi connectivity index (χ1n) is 7.96. The van der Waals surface area contributed by atoms with Gasteiger partial charge >= 0.3 is 12.1 Å². The molecule has 6 nitrogen and oxygen atoms in total. The summed E-state index contributed by atoms with van der Waals surface area (Å²) in [5.74, 6) is -0.0938. The summed E-state index contributed by atoms with van der Waals surface area (Å²) >= 11 is 0. The molecule has 2 atom stereocenters. The maximum atomic E-state index is 11.8. The summed E-state index contributed by atoms with van der Waals surface area (Å²) in [6.45, 7) is 4.77. The fraction of sp³-hybridized carbons (Fsp3) is 0.812. The Hall–Kier alpha value is -1.77. The van der Waals surface area contributed by atoms with Crippen LogP contribution in [0.4, 0.5) is 4.79 Å². The van der Waals surface area contributed by atoms with Crippen LogP contribution in [0.5, 0.6) is 0 Å². The summed E-state index contributed by atoms with van der Waals surface area (Å²) < 4.78 is 10.1. The molecule has 0 spiro atoms. The Labute approximate surface area is 132 Å². The molecule has 124 valence electrons. The summed E-state index contributed by atoms with van der Waals surface area (Å²) in [6, 6.07) is 1.43. The topological polar surface area (TPSA) is 88.4 Å². The van der Waals surface area contributed by atoms with E-state index in [0.717, 1.165) is 12.8 Å². The Morgan fingerprint density at radius 2 is 1.86 bits per heavy atom. The first kappa shape index (κ1) is 18.3. The number of rotatable bonds is 6. The number of hydrogen-bond donors (Lipinski definition) is 1. The molecule has 1 saturated carbocycles. The van der Waals surface area contributed by atoms with Gasteiger partial charge in [0.2, 0.25) is 6.10 Å². The number of nitriles is 1. The highest BCUT2D eigenvalue weighted by Crippen LogP contribution is 2.28. The number of nitrogens with zero attached hydrogens (tertiary/aromatic N) is 1. The van der Waals surface area contributed by atoms with Crippen molar-refractivity contribution in [3.8, 4) is 6.07 Å². The van der Waals surface area contributed by atoms with Crippen molar-refractivity contribution in [3.63, 3.8) is 0 Å². The molecule has 0 unspecified atom stereocenters. The van der Waals surface area contributed by atoms with Crippen molar-refractivity contribution in [2.24, 2.45) is 5.92 Å². The maximum Gasteiger partial charge on any atom is 0.407 e. The third-order valence-electron chi connectivity index (χ3n) is 3.74. The van der Waals surface area contributed by atoms with Crippen LogP contribution in [0.1, 0.15) is 59.3 Å². The van der Waals surface area contributed by atoms with E-state index in [1.54, 1.807) is 13.8 Å². The minimum atomic E-state index is -0.987. The van der Waals surface area contributed by atoms with Crippen LogP contribution >= 0.6 is 0 Å². The highest BCUT2D eigenvalue weighted by atomic mass is 16.6. The Balaban J connectivity index is 2.71. The van der Waals surface area contributed by atoms with Crippen molar-refractivity contribution < 1.29 is 19.1 Å². The van der Waals surface area contributed by atoms with E-state index in [9.17, 15) is 14.9 Å². The van der Waals surface area contributed by atoms with Crippen LogP contribution in [0.3, 0.4) is 0 Å². The molecule has 0 aliphatic heterocycles. The minimum absolute atomic E-state index is 0.246. The van der Waals surface area contributed by atoms with E-state index in [4.69, 9.17) is 9.47 Å². The molecule has 0 bridgehead atoms. The van der Waals surface area contributed by atoms with Gasteiger partial charge in [0.05, 0.1) is 12.1 Å². The lowest BCUT2D eigenvalue weighted by molar-refractivity contribution is -0.145. The SMILES string of the molecule is CC(=O)O[C@H](C#N)[C@H](CC1CCCCC1)NC(=O)OC(C)C. The molecule has 0 radical (unpaired) electrons. The quantitative estimate of drug-likeness (QED) is 0.762. The van der Waals surface area contributed by atoms with Gasteiger partial charge in [0.15, 0.2) is 0 Å². The van der Waals surface area contributed by atoms with Gasteiger partial charge in [0.25, 0.3) is 0 Å². The molecule has 1 rings (SSSR count). The minimum Gasteiger partial charge on any atom is -0.447 e. The summed E-state index contributed by atoms with van der Waals surface area (Å²) in [7, 11) is 0. The molecule has 1 fully saturated rings. The van der Waals surface area contributed by atoms with Gasteiger partial charge in [0.1, 0.15) is 6.07 Å².